The summed E-state index contributed by atoms with van der Waals surface area (Å²) in [5.41, 5.74) is 2.47. The molecule has 0 saturated carbocycles. The van der Waals surface area contributed by atoms with E-state index in [0.717, 1.165) is 32.4 Å². The van der Waals surface area contributed by atoms with Crippen LogP contribution in [-0.2, 0) is 6.42 Å². The van der Waals surface area contributed by atoms with Gasteiger partial charge in [-0.05, 0) is 54.2 Å². The van der Waals surface area contributed by atoms with Gasteiger partial charge in [-0.15, -0.1) is 0 Å². The highest BCUT2D eigenvalue weighted by Crippen LogP contribution is 2.31. The van der Waals surface area contributed by atoms with E-state index in [2.05, 4.69) is 57.0 Å². The van der Waals surface area contributed by atoms with Crippen molar-refractivity contribution in [3.8, 4) is 0 Å². The zero-order chi connectivity index (χ0) is 14.7. The molecular weight excluding hydrogens is 423 g/mol. The van der Waals surface area contributed by atoms with Crippen LogP contribution in [0.4, 0.5) is 0 Å². The third-order valence-electron chi connectivity index (χ3n) is 3.36. The van der Waals surface area contributed by atoms with Gasteiger partial charge in [0.1, 0.15) is 0 Å². The van der Waals surface area contributed by atoms with E-state index >= 15 is 0 Å². The van der Waals surface area contributed by atoms with Crippen LogP contribution >= 0.6 is 55.1 Å². The summed E-state index contributed by atoms with van der Waals surface area (Å²) < 4.78 is 2.22. The average Bonchev–Trinajstić information content (AvgIpc) is 2.37. The summed E-state index contributed by atoms with van der Waals surface area (Å²) in [4.78, 5) is 0. The van der Waals surface area contributed by atoms with Crippen molar-refractivity contribution in [2.24, 2.45) is 0 Å². The Labute approximate surface area is 146 Å². The highest BCUT2D eigenvalue weighted by atomic mass is 79.9. The quantitative estimate of drug-likeness (QED) is 0.473. The molecule has 0 aliphatic heterocycles. The molecule has 0 spiro atoms. The normalized spacial score (nSPS) is 12.4. The van der Waals surface area contributed by atoms with E-state index in [-0.39, 0.29) is 0 Å². The highest BCUT2D eigenvalue weighted by Gasteiger charge is 2.11. The summed E-state index contributed by atoms with van der Waals surface area (Å²) in [6, 6.07) is 12.0. The average molecular weight is 437 g/mol. The van der Waals surface area contributed by atoms with Gasteiger partial charge < -0.3 is 0 Å². The number of hydrogen-bond donors (Lipinski definition) is 0. The summed E-state index contributed by atoms with van der Waals surface area (Å²) in [6.07, 6.45) is 1.99. The molecule has 0 radical (unpaired) electrons. The van der Waals surface area contributed by atoms with Crippen molar-refractivity contribution in [3.05, 3.63) is 66.5 Å². The molecule has 2 rings (SSSR count). The number of benzene rings is 2. The fraction of sp³-hybridized carbons (Fsp3) is 0.250. The van der Waals surface area contributed by atoms with Crippen LogP contribution in [-0.4, -0.2) is 0 Å². The fourth-order valence-electron chi connectivity index (χ4n) is 2.15. The van der Waals surface area contributed by atoms with E-state index in [1.165, 1.54) is 5.56 Å². The second-order valence-corrected chi connectivity index (χ2v) is 7.45. The number of hydrogen-bond acceptors (Lipinski definition) is 0. The predicted molar refractivity (Wildman–Crippen MR) is 95.0 cm³/mol. The highest BCUT2D eigenvalue weighted by molar-refractivity contribution is 9.11. The molecule has 1 unspecified atom stereocenters. The van der Waals surface area contributed by atoms with Gasteiger partial charge in [0, 0.05) is 19.0 Å². The summed E-state index contributed by atoms with van der Waals surface area (Å²) in [7, 11) is 0. The number of aryl methyl sites for hydroxylation is 1. The second kappa shape index (κ2) is 7.31. The van der Waals surface area contributed by atoms with Crippen LogP contribution in [0.25, 0.3) is 0 Å². The molecule has 0 aliphatic carbocycles. The Balaban J connectivity index is 2.06. The topological polar surface area (TPSA) is 0 Å². The smallest absolute Gasteiger partial charge is 0.0452 e. The van der Waals surface area contributed by atoms with Gasteiger partial charge in [-0.3, -0.25) is 0 Å². The minimum atomic E-state index is 0.462. The van der Waals surface area contributed by atoms with Crippen molar-refractivity contribution < 1.29 is 0 Å². The van der Waals surface area contributed by atoms with Crippen molar-refractivity contribution >= 4 is 55.1 Å². The predicted octanol–water partition coefficient (Wildman–Crippen LogP) is 7.25. The monoisotopic (exact) mass is 434 g/mol. The molecular formula is C16H14Br2Cl2. The molecule has 106 valence electrons. The van der Waals surface area contributed by atoms with Gasteiger partial charge >= 0.3 is 0 Å². The Morgan fingerprint density at radius 1 is 1.05 bits per heavy atom. The molecule has 4 heteroatoms. The lowest BCUT2D eigenvalue weighted by atomic mass is 9.94. The molecule has 0 heterocycles. The molecule has 2 aromatic carbocycles. The minimum absolute atomic E-state index is 0.462. The first kappa shape index (κ1) is 16.4. The Kier molecular flexibility index (Phi) is 5.97. The van der Waals surface area contributed by atoms with Crippen molar-refractivity contribution in [2.75, 3.05) is 0 Å². The van der Waals surface area contributed by atoms with Gasteiger partial charge in [0.2, 0.25) is 0 Å². The van der Waals surface area contributed by atoms with E-state index in [9.17, 15) is 0 Å². The molecule has 0 nitrogen and oxygen atoms in total. The third-order valence-corrected chi connectivity index (χ3v) is 5.12. The first-order valence-corrected chi connectivity index (χ1v) is 8.70. The molecule has 0 aromatic heterocycles. The first-order chi connectivity index (χ1) is 9.47. The maximum Gasteiger partial charge on any atom is 0.0452 e. The summed E-state index contributed by atoms with van der Waals surface area (Å²) in [5, 5.41) is 1.43. The van der Waals surface area contributed by atoms with Crippen molar-refractivity contribution in [1.82, 2.24) is 0 Å². The summed E-state index contributed by atoms with van der Waals surface area (Å²) >= 11 is 19.2. The maximum absolute atomic E-state index is 6.21. The van der Waals surface area contributed by atoms with Crippen LogP contribution in [0, 0.1) is 0 Å². The van der Waals surface area contributed by atoms with E-state index in [1.807, 2.05) is 12.1 Å². The van der Waals surface area contributed by atoms with E-state index in [1.54, 1.807) is 6.07 Å². The Bertz CT molecular complexity index is 611. The summed E-state index contributed by atoms with van der Waals surface area (Å²) in [5.74, 6) is 0.462. The van der Waals surface area contributed by atoms with Crippen LogP contribution in [0.5, 0.6) is 0 Å². The van der Waals surface area contributed by atoms with Crippen molar-refractivity contribution in [2.45, 2.75) is 25.7 Å². The number of rotatable bonds is 4. The van der Waals surface area contributed by atoms with E-state index in [0.29, 0.717) is 10.9 Å². The fourth-order valence-corrected chi connectivity index (χ4v) is 4.09. The molecule has 0 fully saturated rings. The van der Waals surface area contributed by atoms with Gasteiger partial charge in [0.05, 0.1) is 0 Å². The largest absolute Gasteiger partial charge is 0.0843 e. The first-order valence-electron chi connectivity index (χ1n) is 6.36. The van der Waals surface area contributed by atoms with Gasteiger partial charge in [-0.1, -0.05) is 74.1 Å². The van der Waals surface area contributed by atoms with Gasteiger partial charge in [-0.2, -0.15) is 0 Å². The number of halogens is 4. The lowest BCUT2D eigenvalue weighted by Gasteiger charge is -2.14. The van der Waals surface area contributed by atoms with Crippen LogP contribution < -0.4 is 0 Å². The van der Waals surface area contributed by atoms with Crippen LogP contribution in [0.15, 0.2) is 45.3 Å². The Hall–Kier alpha value is -0.0200. The van der Waals surface area contributed by atoms with Gasteiger partial charge in [0.25, 0.3) is 0 Å². The van der Waals surface area contributed by atoms with Crippen molar-refractivity contribution in [1.29, 1.82) is 0 Å². The molecule has 0 aliphatic rings. The zero-order valence-corrected chi connectivity index (χ0v) is 15.7. The minimum Gasteiger partial charge on any atom is -0.0843 e. The molecule has 20 heavy (non-hydrogen) atoms. The SMILES string of the molecule is CC(CCc1ccc(Cl)cc1Cl)c1ccc(Br)cc1Br. The molecule has 0 bridgehead atoms. The van der Waals surface area contributed by atoms with Crippen molar-refractivity contribution in [3.63, 3.8) is 0 Å². The molecule has 0 N–H and O–H groups in total. The summed E-state index contributed by atoms with van der Waals surface area (Å²) in [6.45, 7) is 2.23. The lowest BCUT2D eigenvalue weighted by Crippen LogP contribution is -1.98. The molecule has 0 saturated heterocycles. The molecule has 1 atom stereocenters. The standard InChI is InChI=1S/C16H14Br2Cl2/c1-10(14-7-5-12(17)8-15(14)18)2-3-11-4-6-13(19)9-16(11)20/h4-10H,2-3H2,1H3. The van der Waals surface area contributed by atoms with Crippen LogP contribution in [0.3, 0.4) is 0 Å². The maximum atomic E-state index is 6.21. The van der Waals surface area contributed by atoms with E-state index in [4.69, 9.17) is 23.2 Å². The van der Waals surface area contributed by atoms with Crippen LogP contribution in [0.2, 0.25) is 10.0 Å². The van der Waals surface area contributed by atoms with Gasteiger partial charge in [0.15, 0.2) is 0 Å². The van der Waals surface area contributed by atoms with Gasteiger partial charge in [-0.25, -0.2) is 0 Å². The van der Waals surface area contributed by atoms with E-state index < -0.39 is 0 Å². The third kappa shape index (κ3) is 4.24. The Morgan fingerprint density at radius 2 is 1.80 bits per heavy atom. The molecule has 2 aromatic rings. The molecule has 0 amide bonds. The Morgan fingerprint density at radius 3 is 2.45 bits per heavy atom. The zero-order valence-electron chi connectivity index (χ0n) is 11.0. The van der Waals surface area contributed by atoms with Crippen LogP contribution in [0.1, 0.15) is 30.4 Å². The second-order valence-electron chi connectivity index (χ2n) is 4.84. The lowest BCUT2D eigenvalue weighted by molar-refractivity contribution is 0.677.